The van der Waals surface area contributed by atoms with Gasteiger partial charge in [0.05, 0.1) is 10.9 Å². The van der Waals surface area contributed by atoms with Gasteiger partial charge in [-0.1, -0.05) is 55.0 Å². The highest BCUT2D eigenvalue weighted by molar-refractivity contribution is 7.93. The van der Waals surface area contributed by atoms with Gasteiger partial charge in [-0.2, -0.15) is 4.98 Å². The van der Waals surface area contributed by atoms with Gasteiger partial charge in [0, 0.05) is 11.6 Å². The Morgan fingerprint density at radius 2 is 1.63 bits per heavy atom. The van der Waals surface area contributed by atoms with E-state index in [9.17, 15) is 8.42 Å². The SMILES string of the molecule is O=S(=O)(Nc1nc(Oc2ccccc2)cc(-c2ccccc2)n1)C1CC2CCC1C2. The minimum atomic E-state index is -3.56. The molecule has 2 fully saturated rings. The molecule has 2 aliphatic rings. The van der Waals surface area contributed by atoms with Crippen molar-refractivity contribution in [1.82, 2.24) is 9.97 Å². The Bertz CT molecular complexity index is 1140. The molecule has 2 aliphatic carbocycles. The fourth-order valence-corrected chi connectivity index (χ4v) is 6.43. The summed E-state index contributed by atoms with van der Waals surface area (Å²) < 4.78 is 34.7. The van der Waals surface area contributed by atoms with Crippen molar-refractivity contribution in [1.29, 1.82) is 0 Å². The highest BCUT2D eigenvalue weighted by Crippen LogP contribution is 2.47. The van der Waals surface area contributed by atoms with Crippen LogP contribution in [0.15, 0.2) is 66.7 Å². The largest absolute Gasteiger partial charge is 0.439 e. The third-order valence-electron chi connectivity index (χ3n) is 6.04. The van der Waals surface area contributed by atoms with Crippen LogP contribution in [0.4, 0.5) is 5.95 Å². The lowest BCUT2D eigenvalue weighted by molar-refractivity contribution is 0.462. The van der Waals surface area contributed by atoms with E-state index in [2.05, 4.69) is 14.7 Å². The van der Waals surface area contributed by atoms with E-state index in [-0.39, 0.29) is 17.1 Å². The predicted octanol–water partition coefficient (Wildman–Crippen LogP) is 4.87. The first kappa shape index (κ1) is 19.1. The molecule has 3 unspecified atom stereocenters. The third-order valence-corrected chi connectivity index (χ3v) is 7.88. The molecule has 154 valence electrons. The summed E-state index contributed by atoms with van der Waals surface area (Å²) in [5.74, 6) is 1.73. The smallest absolute Gasteiger partial charge is 0.240 e. The Morgan fingerprint density at radius 3 is 2.30 bits per heavy atom. The molecule has 7 heteroatoms. The Labute approximate surface area is 176 Å². The van der Waals surface area contributed by atoms with Gasteiger partial charge in [-0.25, -0.2) is 13.4 Å². The van der Waals surface area contributed by atoms with Gasteiger partial charge in [0.15, 0.2) is 0 Å². The van der Waals surface area contributed by atoms with E-state index in [0.717, 1.165) is 31.2 Å². The Balaban J connectivity index is 1.48. The standard InChI is InChI=1S/C23H23N3O3S/c27-30(28,21-14-16-11-12-18(21)13-16)26-23-24-20(17-7-3-1-4-8-17)15-22(25-23)29-19-9-5-2-6-10-19/h1-10,15-16,18,21H,11-14H2,(H,24,25,26). The lowest BCUT2D eigenvalue weighted by atomic mass is 10.0. The van der Waals surface area contributed by atoms with Crippen molar-refractivity contribution in [2.45, 2.75) is 30.9 Å². The van der Waals surface area contributed by atoms with Crippen LogP contribution in [0.2, 0.25) is 0 Å². The number of sulfonamides is 1. The summed E-state index contributed by atoms with van der Waals surface area (Å²) in [5, 5.41) is -0.362. The van der Waals surface area contributed by atoms with Crippen molar-refractivity contribution in [3.63, 3.8) is 0 Å². The molecule has 1 aromatic heterocycles. The molecule has 0 saturated heterocycles. The number of hydrogen-bond acceptors (Lipinski definition) is 5. The minimum absolute atomic E-state index is 0.0463. The van der Waals surface area contributed by atoms with Gasteiger partial charge in [-0.15, -0.1) is 0 Å². The monoisotopic (exact) mass is 421 g/mol. The van der Waals surface area contributed by atoms with Gasteiger partial charge in [-0.3, -0.25) is 4.72 Å². The van der Waals surface area contributed by atoms with Crippen molar-refractivity contribution in [2.24, 2.45) is 11.8 Å². The van der Waals surface area contributed by atoms with Crippen LogP contribution < -0.4 is 9.46 Å². The van der Waals surface area contributed by atoms with Crippen molar-refractivity contribution < 1.29 is 13.2 Å². The highest BCUT2D eigenvalue weighted by atomic mass is 32.2. The van der Waals surface area contributed by atoms with E-state index in [0.29, 0.717) is 23.2 Å². The van der Waals surface area contributed by atoms with E-state index < -0.39 is 10.0 Å². The first-order valence-electron chi connectivity index (χ1n) is 10.3. The van der Waals surface area contributed by atoms with Gasteiger partial charge in [0.1, 0.15) is 5.75 Å². The van der Waals surface area contributed by atoms with E-state index in [1.165, 1.54) is 0 Å². The van der Waals surface area contributed by atoms with Crippen LogP contribution in [-0.2, 0) is 10.0 Å². The summed E-state index contributed by atoms with van der Waals surface area (Å²) in [7, 11) is -3.56. The second-order valence-electron chi connectivity index (χ2n) is 8.06. The van der Waals surface area contributed by atoms with Crippen LogP contribution >= 0.6 is 0 Å². The molecule has 0 aliphatic heterocycles. The molecule has 5 rings (SSSR count). The summed E-state index contributed by atoms with van der Waals surface area (Å²) >= 11 is 0. The summed E-state index contributed by atoms with van der Waals surface area (Å²) in [6, 6.07) is 20.6. The molecule has 1 heterocycles. The van der Waals surface area contributed by atoms with Gasteiger partial charge in [0.2, 0.25) is 21.9 Å². The predicted molar refractivity (Wildman–Crippen MR) is 116 cm³/mol. The molecule has 3 aromatic rings. The molecule has 1 N–H and O–H groups in total. The van der Waals surface area contributed by atoms with E-state index in [1.807, 2.05) is 60.7 Å². The zero-order valence-corrected chi connectivity index (χ0v) is 17.3. The normalized spacial score (nSPS) is 22.7. The van der Waals surface area contributed by atoms with Crippen LogP contribution in [0.25, 0.3) is 11.3 Å². The number of aromatic nitrogens is 2. The van der Waals surface area contributed by atoms with Crippen molar-refractivity contribution >= 4 is 16.0 Å². The molecule has 6 nitrogen and oxygen atoms in total. The maximum atomic E-state index is 13.1. The number of benzene rings is 2. The molecule has 3 atom stereocenters. The van der Waals surface area contributed by atoms with Crippen LogP contribution in [-0.4, -0.2) is 23.6 Å². The highest BCUT2D eigenvalue weighted by Gasteiger charge is 2.46. The lowest BCUT2D eigenvalue weighted by Crippen LogP contribution is -2.32. The zero-order chi connectivity index (χ0) is 20.6. The number of para-hydroxylation sites is 1. The third kappa shape index (κ3) is 3.89. The number of rotatable bonds is 6. The number of nitrogens with one attached hydrogen (secondary N) is 1. The number of ether oxygens (including phenoxy) is 1. The van der Waals surface area contributed by atoms with Gasteiger partial charge in [-0.05, 0) is 43.2 Å². The van der Waals surface area contributed by atoms with Crippen molar-refractivity contribution in [3.8, 4) is 22.9 Å². The van der Waals surface area contributed by atoms with Crippen LogP contribution in [0.3, 0.4) is 0 Å². The first-order chi connectivity index (χ1) is 14.6. The van der Waals surface area contributed by atoms with Crippen LogP contribution in [0.1, 0.15) is 25.7 Å². The Hall–Kier alpha value is -2.93. The molecular formula is C23H23N3O3S. The Kier molecular flexibility index (Phi) is 4.90. The molecule has 2 saturated carbocycles. The van der Waals surface area contributed by atoms with Gasteiger partial charge in [0.25, 0.3) is 0 Å². The summed E-state index contributed by atoms with van der Waals surface area (Å²) in [4.78, 5) is 8.83. The van der Waals surface area contributed by atoms with Gasteiger partial charge < -0.3 is 4.74 Å². The first-order valence-corrected chi connectivity index (χ1v) is 11.8. The molecule has 0 spiro atoms. The fraction of sp³-hybridized carbons (Fsp3) is 0.304. The molecule has 2 bridgehead atoms. The molecule has 30 heavy (non-hydrogen) atoms. The number of fused-ring (bicyclic) bond motifs is 2. The second kappa shape index (κ2) is 7.72. The Morgan fingerprint density at radius 1 is 0.900 bits per heavy atom. The summed E-state index contributed by atoms with van der Waals surface area (Å²) in [6.07, 6.45) is 3.87. The lowest BCUT2D eigenvalue weighted by Gasteiger charge is -2.22. The average molecular weight is 422 g/mol. The molecule has 0 amide bonds. The van der Waals surface area contributed by atoms with Crippen LogP contribution in [0.5, 0.6) is 11.6 Å². The summed E-state index contributed by atoms with van der Waals surface area (Å²) in [6.45, 7) is 0. The van der Waals surface area contributed by atoms with Crippen LogP contribution in [0, 0.1) is 11.8 Å². The molecule has 0 radical (unpaired) electrons. The second-order valence-corrected chi connectivity index (χ2v) is 9.96. The molecular weight excluding hydrogens is 398 g/mol. The number of anilines is 1. The molecule has 2 aromatic carbocycles. The maximum absolute atomic E-state index is 13.1. The fourth-order valence-electron chi connectivity index (χ4n) is 4.66. The zero-order valence-electron chi connectivity index (χ0n) is 16.4. The quantitative estimate of drug-likeness (QED) is 0.614. The summed E-state index contributed by atoms with van der Waals surface area (Å²) in [5.41, 5.74) is 1.46. The topological polar surface area (TPSA) is 81.2 Å². The average Bonchev–Trinajstić information content (AvgIpc) is 3.39. The maximum Gasteiger partial charge on any atom is 0.240 e. The van der Waals surface area contributed by atoms with Gasteiger partial charge >= 0.3 is 0 Å². The van der Waals surface area contributed by atoms with E-state index in [1.54, 1.807) is 6.07 Å². The van der Waals surface area contributed by atoms with Crippen molar-refractivity contribution in [2.75, 3.05) is 4.72 Å². The minimum Gasteiger partial charge on any atom is -0.439 e. The number of hydrogen-bond donors (Lipinski definition) is 1. The van der Waals surface area contributed by atoms with E-state index in [4.69, 9.17) is 4.74 Å². The van der Waals surface area contributed by atoms with Crippen molar-refractivity contribution in [3.05, 3.63) is 66.7 Å². The number of nitrogens with zero attached hydrogens (tertiary/aromatic N) is 2. The van der Waals surface area contributed by atoms with E-state index >= 15 is 0 Å².